The molecule has 3 rings (SSSR count). The first-order valence-electron chi connectivity index (χ1n) is 10.0. The predicted molar refractivity (Wildman–Crippen MR) is 131 cm³/mol. The van der Waals surface area contributed by atoms with Gasteiger partial charge in [0.1, 0.15) is 11.3 Å². The van der Waals surface area contributed by atoms with Crippen molar-refractivity contribution in [2.75, 3.05) is 58.8 Å². The SMILES string of the molecule is CCN(C)C(=S)N(C)c1ccc2ncc(N(C)c3cc(OC)c(OC)c(OC)c3)nc2n1. The molecule has 3 aromatic rings. The van der Waals surface area contributed by atoms with E-state index in [2.05, 4.69) is 9.97 Å². The monoisotopic (exact) mass is 456 g/mol. The summed E-state index contributed by atoms with van der Waals surface area (Å²) in [4.78, 5) is 19.7. The van der Waals surface area contributed by atoms with Gasteiger partial charge in [0.25, 0.3) is 0 Å². The van der Waals surface area contributed by atoms with Gasteiger partial charge >= 0.3 is 0 Å². The lowest BCUT2D eigenvalue weighted by Crippen LogP contribution is -2.38. The Kier molecular flexibility index (Phi) is 7.14. The van der Waals surface area contributed by atoms with Gasteiger partial charge in [0.2, 0.25) is 5.75 Å². The molecule has 0 aliphatic carbocycles. The van der Waals surface area contributed by atoms with Crippen molar-refractivity contribution in [3.8, 4) is 17.2 Å². The molecule has 9 nitrogen and oxygen atoms in total. The van der Waals surface area contributed by atoms with Crippen LogP contribution in [0.4, 0.5) is 17.3 Å². The highest BCUT2D eigenvalue weighted by atomic mass is 32.1. The van der Waals surface area contributed by atoms with Crippen LogP contribution in [0, 0.1) is 0 Å². The number of thiocarbonyl (C=S) groups is 1. The average Bonchev–Trinajstić information content (AvgIpc) is 2.84. The smallest absolute Gasteiger partial charge is 0.203 e. The van der Waals surface area contributed by atoms with Gasteiger partial charge in [-0.1, -0.05) is 0 Å². The van der Waals surface area contributed by atoms with Crippen LogP contribution in [0.2, 0.25) is 0 Å². The van der Waals surface area contributed by atoms with Crippen LogP contribution in [-0.4, -0.2) is 74.0 Å². The van der Waals surface area contributed by atoms with Crippen LogP contribution in [0.25, 0.3) is 11.2 Å². The summed E-state index contributed by atoms with van der Waals surface area (Å²) in [7, 11) is 10.5. The number of ether oxygens (including phenoxy) is 3. The van der Waals surface area contributed by atoms with Gasteiger partial charge in [0, 0.05) is 45.5 Å². The Morgan fingerprint density at radius 3 is 2.12 bits per heavy atom. The molecule has 2 heterocycles. The molecule has 0 N–H and O–H groups in total. The van der Waals surface area contributed by atoms with Crippen molar-refractivity contribution in [3.05, 3.63) is 30.5 Å². The van der Waals surface area contributed by atoms with Crippen LogP contribution in [0.5, 0.6) is 17.2 Å². The van der Waals surface area contributed by atoms with E-state index in [0.717, 1.165) is 12.2 Å². The topological polar surface area (TPSA) is 76.1 Å². The summed E-state index contributed by atoms with van der Waals surface area (Å²) >= 11 is 5.54. The van der Waals surface area contributed by atoms with Crippen LogP contribution in [-0.2, 0) is 0 Å². The Morgan fingerprint density at radius 1 is 0.938 bits per heavy atom. The molecule has 0 aliphatic heterocycles. The molecule has 170 valence electrons. The number of aromatic nitrogens is 3. The third-order valence-corrected chi connectivity index (χ3v) is 5.78. The Bertz CT molecular complexity index is 1100. The normalized spacial score (nSPS) is 10.6. The molecule has 0 aliphatic rings. The molecule has 2 aromatic heterocycles. The molecule has 0 bridgehead atoms. The third kappa shape index (κ3) is 4.45. The molecule has 0 unspecified atom stereocenters. The van der Waals surface area contributed by atoms with Crippen LogP contribution in [0.3, 0.4) is 0 Å². The molecule has 0 saturated carbocycles. The van der Waals surface area contributed by atoms with E-state index in [-0.39, 0.29) is 0 Å². The van der Waals surface area contributed by atoms with E-state index < -0.39 is 0 Å². The van der Waals surface area contributed by atoms with Crippen LogP contribution < -0.4 is 24.0 Å². The zero-order valence-corrected chi connectivity index (χ0v) is 20.2. The Morgan fingerprint density at radius 2 is 1.56 bits per heavy atom. The van der Waals surface area contributed by atoms with Crippen molar-refractivity contribution in [1.82, 2.24) is 19.9 Å². The van der Waals surface area contributed by atoms with Gasteiger partial charge in [-0.2, -0.15) is 0 Å². The van der Waals surface area contributed by atoms with Crippen molar-refractivity contribution < 1.29 is 14.2 Å². The maximum absolute atomic E-state index is 5.54. The van der Waals surface area contributed by atoms with Gasteiger partial charge in [0.05, 0.1) is 27.5 Å². The number of hydrogen-bond donors (Lipinski definition) is 0. The molecule has 0 amide bonds. The maximum atomic E-state index is 5.54. The number of fused-ring (bicyclic) bond motifs is 1. The van der Waals surface area contributed by atoms with E-state index in [1.54, 1.807) is 27.5 Å². The minimum Gasteiger partial charge on any atom is -0.493 e. The first-order valence-corrected chi connectivity index (χ1v) is 10.4. The molecule has 1 aromatic carbocycles. The van der Waals surface area contributed by atoms with Crippen LogP contribution in [0.15, 0.2) is 30.5 Å². The van der Waals surface area contributed by atoms with E-state index in [4.69, 9.17) is 31.4 Å². The highest BCUT2D eigenvalue weighted by Crippen LogP contribution is 2.41. The van der Waals surface area contributed by atoms with Crippen molar-refractivity contribution in [1.29, 1.82) is 0 Å². The minimum absolute atomic E-state index is 0.521. The lowest BCUT2D eigenvalue weighted by Gasteiger charge is -2.26. The second-order valence-electron chi connectivity index (χ2n) is 7.04. The van der Waals surface area contributed by atoms with Gasteiger partial charge in [0.15, 0.2) is 28.1 Å². The summed E-state index contributed by atoms with van der Waals surface area (Å²) in [6.07, 6.45) is 1.70. The number of nitrogens with zero attached hydrogens (tertiary/aromatic N) is 6. The number of methoxy groups -OCH3 is 3. The highest BCUT2D eigenvalue weighted by Gasteiger charge is 2.18. The van der Waals surface area contributed by atoms with E-state index in [9.17, 15) is 0 Å². The van der Waals surface area contributed by atoms with E-state index in [0.29, 0.717) is 45.2 Å². The lowest BCUT2D eigenvalue weighted by molar-refractivity contribution is 0.324. The summed E-state index contributed by atoms with van der Waals surface area (Å²) in [5, 5.41) is 0.679. The van der Waals surface area contributed by atoms with Crippen LogP contribution in [0.1, 0.15) is 6.92 Å². The first-order chi connectivity index (χ1) is 15.3. The summed E-state index contributed by atoms with van der Waals surface area (Å²) in [5.41, 5.74) is 2.01. The zero-order chi connectivity index (χ0) is 23.4. The summed E-state index contributed by atoms with van der Waals surface area (Å²) in [5.74, 6) is 2.95. The summed E-state index contributed by atoms with van der Waals surface area (Å²) < 4.78 is 16.3. The minimum atomic E-state index is 0.521. The van der Waals surface area contributed by atoms with Crippen molar-refractivity contribution in [2.45, 2.75) is 6.92 Å². The number of hydrogen-bond acceptors (Lipinski definition) is 8. The second kappa shape index (κ2) is 9.82. The highest BCUT2D eigenvalue weighted by molar-refractivity contribution is 7.80. The molecule has 0 fully saturated rings. The fraction of sp³-hybridized carbons (Fsp3) is 0.364. The van der Waals surface area contributed by atoms with Crippen LogP contribution >= 0.6 is 12.2 Å². The molecule has 32 heavy (non-hydrogen) atoms. The van der Waals surface area contributed by atoms with Gasteiger partial charge in [-0.05, 0) is 31.3 Å². The van der Waals surface area contributed by atoms with Crippen molar-refractivity contribution in [3.63, 3.8) is 0 Å². The quantitative estimate of drug-likeness (QED) is 0.493. The Labute approximate surface area is 193 Å². The fourth-order valence-electron chi connectivity index (χ4n) is 3.11. The molecular weight excluding hydrogens is 428 g/mol. The van der Waals surface area contributed by atoms with Crippen molar-refractivity contribution >= 4 is 45.8 Å². The summed E-state index contributed by atoms with van der Waals surface area (Å²) in [6, 6.07) is 7.47. The second-order valence-corrected chi connectivity index (χ2v) is 7.40. The number of anilines is 3. The van der Waals surface area contributed by atoms with E-state index >= 15 is 0 Å². The first kappa shape index (κ1) is 23.3. The predicted octanol–water partition coefficient (Wildman–Crippen LogP) is 3.49. The van der Waals surface area contributed by atoms with Gasteiger partial charge in [-0.25, -0.2) is 15.0 Å². The molecule has 0 spiro atoms. The lowest BCUT2D eigenvalue weighted by atomic mass is 10.2. The van der Waals surface area contributed by atoms with Gasteiger partial charge in [-0.3, -0.25) is 0 Å². The third-order valence-electron chi connectivity index (χ3n) is 5.19. The molecule has 0 radical (unpaired) electrons. The van der Waals surface area contributed by atoms with Gasteiger partial charge in [-0.15, -0.1) is 0 Å². The van der Waals surface area contributed by atoms with Gasteiger partial charge < -0.3 is 28.9 Å². The molecule has 10 heteroatoms. The Balaban J connectivity index is 2.00. The molecule has 0 saturated heterocycles. The summed E-state index contributed by atoms with van der Waals surface area (Å²) in [6.45, 7) is 2.85. The van der Waals surface area contributed by atoms with E-state index in [1.807, 2.05) is 67.0 Å². The van der Waals surface area contributed by atoms with E-state index in [1.165, 1.54) is 0 Å². The Hall–Kier alpha value is -3.40. The largest absolute Gasteiger partial charge is 0.493 e. The molecular formula is C22H28N6O3S. The number of pyridine rings is 1. The number of benzene rings is 1. The number of rotatable bonds is 7. The zero-order valence-electron chi connectivity index (χ0n) is 19.4. The average molecular weight is 457 g/mol. The molecule has 0 atom stereocenters. The standard InChI is InChI=1S/C22H28N6O3S/c1-8-26(2)22(32)28(4)18-10-9-15-21(24-18)25-19(13-23-15)27(3)14-11-16(29-5)20(31-7)17(12-14)30-6/h9-13H,8H2,1-7H3. The fourth-order valence-corrected chi connectivity index (χ4v) is 3.33. The van der Waals surface area contributed by atoms with Crippen molar-refractivity contribution in [2.24, 2.45) is 0 Å². The maximum Gasteiger partial charge on any atom is 0.203 e.